The lowest BCUT2D eigenvalue weighted by Crippen LogP contribution is -2.39. The Morgan fingerprint density at radius 3 is 2.44 bits per heavy atom. The molecule has 0 saturated carbocycles. The lowest BCUT2D eigenvalue weighted by Gasteiger charge is -2.28. The number of hydrogen-bond acceptors (Lipinski definition) is 3. The molecular formula is C21H35Cl2N3O. The van der Waals surface area contributed by atoms with E-state index < -0.39 is 0 Å². The summed E-state index contributed by atoms with van der Waals surface area (Å²) in [7, 11) is 2.14. The van der Waals surface area contributed by atoms with Crippen LogP contribution in [0.2, 0.25) is 0 Å². The quantitative estimate of drug-likeness (QED) is 0.709. The molecule has 0 radical (unpaired) electrons. The molecular weight excluding hydrogens is 381 g/mol. The predicted octanol–water partition coefficient (Wildman–Crippen LogP) is 3.91. The van der Waals surface area contributed by atoms with Crippen molar-refractivity contribution in [1.82, 2.24) is 15.5 Å². The smallest absolute Gasteiger partial charge is 0.220 e. The van der Waals surface area contributed by atoms with Gasteiger partial charge >= 0.3 is 0 Å². The van der Waals surface area contributed by atoms with Crippen molar-refractivity contribution in [2.75, 3.05) is 7.05 Å². The van der Waals surface area contributed by atoms with E-state index in [2.05, 4.69) is 60.7 Å². The molecule has 6 heteroatoms. The normalized spacial score (nSPS) is 23.7. The fraction of sp³-hybridized carbons (Fsp3) is 0.667. The van der Waals surface area contributed by atoms with E-state index in [4.69, 9.17) is 0 Å². The summed E-state index contributed by atoms with van der Waals surface area (Å²) >= 11 is 0. The molecule has 1 amide bonds. The Balaban J connectivity index is 0.00000182. The number of hydrogen-bond donors (Lipinski definition) is 2. The molecule has 2 atom stereocenters. The first-order chi connectivity index (χ1) is 12.0. The van der Waals surface area contributed by atoms with Gasteiger partial charge in [0.25, 0.3) is 0 Å². The zero-order valence-corrected chi connectivity index (χ0v) is 18.4. The Hall–Kier alpha value is -0.810. The van der Waals surface area contributed by atoms with Gasteiger partial charge in [0.2, 0.25) is 5.91 Å². The number of carbonyl (C=O) groups is 1. The standard InChI is InChI=1S/C21H33N3O.2ClH/c1-15(2)24(3)14-17-6-4-5-16(9-17)13-22-21(25)12-18-10-19-7-8-20(11-18)23-19;;/h4-6,9,15,18-20,23H,7-8,10-14H2,1-3H3,(H,22,25);2*1H. The molecule has 0 aliphatic carbocycles. The second kappa shape index (κ2) is 11.3. The lowest BCUT2D eigenvalue weighted by molar-refractivity contribution is -0.122. The zero-order valence-electron chi connectivity index (χ0n) is 16.7. The van der Waals surface area contributed by atoms with Crippen LogP contribution in [0.3, 0.4) is 0 Å². The summed E-state index contributed by atoms with van der Waals surface area (Å²) in [5.41, 5.74) is 2.49. The average Bonchev–Trinajstić information content (AvgIpc) is 2.92. The van der Waals surface area contributed by atoms with Crippen LogP contribution in [-0.2, 0) is 17.9 Å². The topological polar surface area (TPSA) is 44.4 Å². The van der Waals surface area contributed by atoms with Crippen LogP contribution in [0.25, 0.3) is 0 Å². The van der Waals surface area contributed by atoms with Gasteiger partial charge in [-0.15, -0.1) is 24.8 Å². The molecule has 2 aliphatic heterocycles. The van der Waals surface area contributed by atoms with Gasteiger partial charge in [-0.1, -0.05) is 24.3 Å². The number of carbonyl (C=O) groups excluding carboxylic acids is 1. The van der Waals surface area contributed by atoms with Crippen LogP contribution in [0.4, 0.5) is 0 Å². The number of halogens is 2. The van der Waals surface area contributed by atoms with Gasteiger partial charge in [-0.25, -0.2) is 0 Å². The third-order valence-corrected chi connectivity index (χ3v) is 5.84. The van der Waals surface area contributed by atoms with E-state index in [0.717, 1.165) is 6.54 Å². The highest BCUT2D eigenvalue weighted by molar-refractivity contribution is 5.85. The van der Waals surface area contributed by atoms with Crippen molar-refractivity contribution in [3.8, 4) is 0 Å². The third-order valence-electron chi connectivity index (χ3n) is 5.84. The van der Waals surface area contributed by atoms with Gasteiger partial charge in [0, 0.05) is 37.6 Å². The largest absolute Gasteiger partial charge is 0.352 e. The molecule has 2 unspecified atom stereocenters. The van der Waals surface area contributed by atoms with Gasteiger partial charge in [-0.2, -0.15) is 0 Å². The highest BCUT2D eigenvalue weighted by Gasteiger charge is 2.34. The maximum Gasteiger partial charge on any atom is 0.220 e. The molecule has 2 fully saturated rings. The SMILES string of the molecule is CC(C)N(C)Cc1cccc(CNC(=O)CC2CC3CCC(C2)N3)c1.Cl.Cl. The van der Waals surface area contributed by atoms with E-state index in [1.165, 1.54) is 36.8 Å². The fourth-order valence-electron chi connectivity index (χ4n) is 4.19. The van der Waals surface area contributed by atoms with Gasteiger partial charge in [-0.3, -0.25) is 9.69 Å². The van der Waals surface area contributed by atoms with Crippen molar-refractivity contribution in [2.24, 2.45) is 5.92 Å². The van der Waals surface area contributed by atoms with Crippen molar-refractivity contribution in [3.63, 3.8) is 0 Å². The van der Waals surface area contributed by atoms with Crippen molar-refractivity contribution in [2.45, 2.75) is 77.2 Å². The highest BCUT2D eigenvalue weighted by Crippen LogP contribution is 2.32. The summed E-state index contributed by atoms with van der Waals surface area (Å²) in [4.78, 5) is 14.7. The second-order valence-electron chi connectivity index (χ2n) is 8.28. The predicted molar refractivity (Wildman–Crippen MR) is 117 cm³/mol. The molecule has 154 valence electrons. The minimum absolute atomic E-state index is 0. The molecule has 3 rings (SSSR count). The maximum absolute atomic E-state index is 12.3. The summed E-state index contributed by atoms with van der Waals surface area (Å²) in [6.45, 7) is 5.99. The molecule has 1 aromatic carbocycles. The number of nitrogens with zero attached hydrogens (tertiary/aromatic N) is 1. The number of nitrogens with one attached hydrogen (secondary N) is 2. The van der Waals surface area contributed by atoms with E-state index >= 15 is 0 Å². The Morgan fingerprint density at radius 1 is 1.19 bits per heavy atom. The molecule has 4 nitrogen and oxygen atoms in total. The molecule has 2 heterocycles. The van der Waals surface area contributed by atoms with E-state index in [0.29, 0.717) is 37.0 Å². The van der Waals surface area contributed by atoms with Gasteiger partial charge < -0.3 is 10.6 Å². The fourth-order valence-corrected chi connectivity index (χ4v) is 4.19. The van der Waals surface area contributed by atoms with Crippen LogP contribution >= 0.6 is 24.8 Å². The van der Waals surface area contributed by atoms with Gasteiger partial charge in [0.05, 0.1) is 0 Å². The molecule has 2 saturated heterocycles. The van der Waals surface area contributed by atoms with Crippen LogP contribution < -0.4 is 10.6 Å². The highest BCUT2D eigenvalue weighted by atomic mass is 35.5. The Bertz CT molecular complexity index is 585. The molecule has 2 bridgehead atoms. The van der Waals surface area contributed by atoms with Crippen LogP contribution in [0.15, 0.2) is 24.3 Å². The van der Waals surface area contributed by atoms with Gasteiger partial charge in [0.15, 0.2) is 0 Å². The Labute approximate surface area is 176 Å². The zero-order chi connectivity index (χ0) is 17.8. The van der Waals surface area contributed by atoms with E-state index in [1.807, 2.05) is 0 Å². The minimum atomic E-state index is 0. The molecule has 2 aliphatic rings. The molecule has 2 N–H and O–H groups in total. The first-order valence-electron chi connectivity index (χ1n) is 9.80. The summed E-state index contributed by atoms with van der Waals surface area (Å²) in [6.07, 6.45) is 5.60. The molecule has 0 aromatic heterocycles. The Morgan fingerprint density at radius 2 is 1.81 bits per heavy atom. The third kappa shape index (κ3) is 7.26. The first-order valence-corrected chi connectivity index (χ1v) is 9.80. The number of piperidine rings is 1. The van der Waals surface area contributed by atoms with Crippen molar-refractivity contribution in [1.29, 1.82) is 0 Å². The van der Waals surface area contributed by atoms with E-state index in [-0.39, 0.29) is 30.7 Å². The average molecular weight is 416 g/mol. The summed E-state index contributed by atoms with van der Waals surface area (Å²) in [5, 5.41) is 6.77. The van der Waals surface area contributed by atoms with Gasteiger partial charge in [0.1, 0.15) is 0 Å². The molecule has 27 heavy (non-hydrogen) atoms. The maximum atomic E-state index is 12.3. The number of fused-ring (bicyclic) bond motifs is 2. The van der Waals surface area contributed by atoms with Crippen LogP contribution in [-0.4, -0.2) is 36.0 Å². The number of benzene rings is 1. The van der Waals surface area contributed by atoms with E-state index in [1.54, 1.807) is 0 Å². The van der Waals surface area contributed by atoms with Crippen molar-refractivity contribution < 1.29 is 4.79 Å². The summed E-state index contributed by atoms with van der Waals surface area (Å²) in [5.74, 6) is 0.765. The number of amides is 1. The number of rotatable bonds is 7. The second-order valence-corrected chi connectivity index (χ2v) is 8.28. The van der Waals surface area contributed by atoms with Crippen LogP contribution in [0.5, 0.6) is 0 Å². The van der Waals surface area contributed by atoms with Gasteiger partial charge in [-0.05, 0) is 63.6 Å². The lowest BCUT2D eigenvalue weighted by atomic mass is 9.89. The Kier molecular flexibility index (Phi) is 10.1. The van der Waals surface area contributed by atoms with Crippen molar-refractivity contribution >= 4 is 30.7 Å². The van der Waals surface area contributed by atoms with Crippen LogP contribution in [0, 0.1) is 5.92 Å². The molecule has 1 aromatic rings. The monoisotopic (exact) mass is 415 g/mol. The van der Waals surface area contributed by atoms with E-state index in [9.17, 15) is 4.79 Å². The molecule has 0 spiro atoms. The van der Waals surface area contributed by atoms with Crippen LogP contribution in [0.1, 0.15) is 57.1 Å². The summed E-state index contributed by atoms with van der Waals surface area (Å²) in [6, 6.07) is 10.4. The minimum Gasteiger partial charge on any atom is -0.352 e. The van der Waals surface area contributed by atoms with Crippen molar-refractivity contribution in [3.05, 3.63) is 35.4 Å². The summed E-state index contributed by atoms with van der Waals surface area (Å²) < 4.78 is 0. The first kappa shape index (κ1) is 24.2.